The van der Waals surface area contributed by atoms with Crippen molar-refractivity contribution in [3.8, 4) is 5.75 Å². The van der Waals surface area contributed by atoms with E-state index in [4.69, 9.17) is 9.47 Å². The highest BCUT2D eigenvalue weighted by atomic mass is 16.5. The number of fused-ring (bicyclic) bond motifs is 1. The molecule has 1 amide bonds. The van der Waals surface area contributed by atoms with Gasteiger partial charge in [-0.3, -0.25) is 9.59 Å². The number of methoxy groups -OCH3 is 2. The van der Waals surface area contributed by atoms with E-state index in [1.54, 1.807) is 44.6 Å². The number of benzene rings is 2. The molecule has 0 aliphatic carbocycles. The lowest BCUT2D eigenvalue weighted by atomic mass is 10.1. The average molecular weight is 367 g/mol. The van der Waals surface area contributed by atoms with Gasteiger partial charge in [0.1, 0.15) is 5.75 Å². The van der Waals surface area contributed by atoms with Gasteiger partial charge in [0.15, 0.2) is 0 Å². The van der Waals surface area contributed by atoms with Gasteiger partial charge in [0.2, 0.25) is 0 Å². The number of ether oxygens (including phenoxy) is 2. The number of carbonyl (C=O) groups is 1. The highest BCUT2D eigenvalue weighted by Gasteiger charge is 2.12. The van der Waals surface area contributed by atoms with Crippen LogP contribution in [0.3, 0.4) is 0 Å². The number of hydrogen-bond acceptors (Lipinski definition) is 5. The van der Waals surface area contributed by atoms with Gasteiger partial charge in [0.05, 0.1) is 37.9 Å². The molecule has 1 N–H and O–H groups in total. The zero-order valence-electron chi connectivity index (χ0n) is 15.3. The maximum atomic E-state index is 12.6. The fourth-order valence-electron chi connectivity index (χ4n) is 2.77. The lowest BCUT2D eigenvalue weighted by Crippen LogP contribution is -2.29. The van der Waals surface area contributed by atoms with Crippen LogP contribution in [0.4, 0.5) is 0 Å². The molecule has 0 bridgehead atoms. The maximum Gasteiger partial charge on any atom is 0.274 e. The van der Waals surface area contributed by atoms with Gasteiger partial charge in [-0.05, 0) is 30.3 Å². The lowest BCUT2D eigenvalue weighted by molar-refractivity contribution is 0.0950. The van der Waals surface area contributed by atoms with Crippen LogP contribution in [-0.4, -0.2) is 36.5 Å². The van der Waals surface area contributed by atoms with Gasteiger partial charge in [-0.2, -0.15) is 5.10 Å². The number of aromatic nitrogens is 2. The van der Waals surface area contributed by atoms with Gasteiger partial charge in [-0.25, -0.2) is 4.68 Å². The molecule has 0 fully saturated rings. The minimum Gasteiger partial charge on any atom is -0.497 e. The summed E-state index contributed by atoms with van der Waals surface area (Å²) in [7, 11) is 3.15. The number of nitrogens with one attached hydrogen (secondary N) is 1. The summed E-state index contributed by atoms with van der Waals surface area (Å²) in [6, 6.07) is 14.1. The molecule has 0 saturated heterocycles. The Bertz CT molecular complexity index is 996. The molecular formula is C20H21N3O4. The van der Waals surface area contributed by atoms with E-state index < -0.39 is 0 Å². The predicted molar refractivity (Wildman–Crippen MR) is 102 cm³/mol. The Morgan fingerprint density at radius 3 is 2.44 bits per heavy atom. The molecule has 27 heavy (non-hydrogen) atoms. The first kappa shape index (κ1) is 18.6. The molecule has 140 valence electrons. The Kier molecular flexibility index (Phi) is 5.83. The molecule has 7 nitrogen and oxygen atoms in total. The van der Waals surface area contributed by atoms with Gasteiger partial charge >= 0.3 is 0 Å². The normalized spacial score (nSPS) is 10.7. The van der Waals surface area contributed by atoms with Crippen molar-refractivity contribution in [2.45, 2.75) is 13.1 Å². The molecule has 0 atom stereocenters. The molecule has 1 aromatic heterocycles. The summed E-state index contributed by atoms with van der Waals surface area (Å²) in [5.74, 6) is 0.461. The summed E-state index contributed by atoms with van der Waals surface area (Å²) >= 11 is 0. The fourth-order valence-corrected chi connectivity index (χ4v) is 2.77. The second-order valence-electron chi connectivity index (χ2n) is 5.92. The number of rotatable bonds is 7. The molecule has 7 heteroatoms. The first-order valence-corrected chi connectivity index (χ1v) is 8.54. The van der Waals surface area contributed by atoms with Gasteiger partial charge in [0.25, 0.3) is 11.5 Å². The molecule has 0 unspecified atom stereocenters. The first-order valence-electron chi connectivity index (χ1n) is 8.54. The summed E-state index contributed by atoms with van der Waals surface area (Å²) in [6.07, 6.45) is 0. The van der Waals surface area contributed by atoms with E-state index in [1.165, 1.54) is 4.68 Å². The summed E-state index contributed by atoms with van der Waals surface area (Å²) in [5.41, 5.74) is 0.976. The molecule has 1 heterocycles. The van der Waals surface area contributed by atoms with E-state index in [0.29, 0.717) is 35.5 Å². The van der Waals surface area contributed by atoms with E-state index in [2.05, 4.69) is 10.4 Å². The van der Waals surface area contributed by atoms with Gasteiger partial charge in [-0.1, -0.05) is 18.2 Å². The van der Waals surface area contributed by atoms with Crippen molar-refractivity contribution < 1.29 is 14.3 Å². The summed E-state index contributed by atoms with van der Waals surface area (Å²) in [6.45, 7) is 0.932. The Morgan fingerprint density at radius 1 is 1.07 bits per heavy atom. The van der Waals surface area contributed by atoms with Crippen LogP contribution in [0.25, 0.3) is 10.8 Å². The molecule has 3 rings (SSSR count). The van der Waals surface area contributed by atoms with Crippen molar-refractivity contribution in [3.63, 3.8) is 0 Å². The van der Waals surface area contributed by atoms with Crippen LogP contribution < -0.4 is 15.6 Å². The Hall–Kier alpha value is -3.19. The minimum absolute atomic E-state index is 0.173. The first-order chi connectivity index (χ1) is 13.1. The molecule has 0 saturated carbocycles. The topological polar surface area (TPSA) is 82.4 Å². The zero-order valence-corrected chi connectivity index (χ0v) is 15.3. The molecular weight excluding hydrogens is 346 g/mol. The van der Waals surface area contributed by atoms with Crippen molar-refractivity contribution in [2.75, 3.05) is 20.8 Å². The van der Waals surface area contributed by atoms with Gasteiger partial charge in [0, 0.05) is 18.1 Å². The van der Waals surface area contributed by atoms with Crippen LogP contribution in [0.1, 0.15) is 16.1 Å². The predicted octanol–water partition coefficient (Wildman–Crippen LogP) is 1.98. The number of carbonyl (C=O) groups excluding carboxylic acids is 1. The third-order valence-electron chi connectivity index (χ3n) is 4.22. The monoisotopic (exact) mass is 367 g/mol. The summed E-state index contributed by atoms with van der Waals surface area (Å²) < 4.78 is 11.5. The minimum atomic E-state index is -0.224. The smallest absolute Gasteiger partial charge is 0.274 e. The van der Waals surface area contributed by atoms with Crippen LogP contribution in [0.5, 0.6) is 5.75 Å². The standard InChI is InChI=1S/C20H21N3O4/c1-26-12-11-23-20(25)17-6-4-3-5-16(17)18(22-23)13-21-19(24)14-7-9-15(27-2)10-8-14/h3-10H,11-13H2,1-2H3,(H,21,24). The Balaban J connectivity index is 1.85. The van der Waals surface area contributed by atoms with Crippen molar-refractivity contribution in [1.82, 2.24) is 15.1 Å². The van der Waals surface area contributed by atoms with Crippen molar-refractivity contribution >= 4 is 16.7 Å². The quantitative estimate of drug-likeness (QED) is 0.690. The highest BCUT2D eigenvalue weighted by Crippen LogP contribution is 2.14. The second-order valence-corrected chi connectivity index (χ2v) is 5.92. The largest absolute Gasteiger partial charge is 0.497 e. The van der Waals surface area contributed by atoms with Crippen LogP contribution in [-0.2, 0) is 17.8 Å². The van der Waals surface area contributed by atoms with E-state index in [-0.39, 0.29) is 18.0 Å². The van der Waals surface area contributed by atoms with Crippen molar-refractivity contribution in [3.05, 3.63) is 70.1 Å². The van der Waals surface area contributed by atoms with Gasteiger partial charge in [-0.15, -0.1) is 0 Å². The van der Waals surface area contributed by atoms with Crippen LogP contribution in [0.15, 0.2) is 53.3 Å². The number of hydrogen-bond donors (Lipinski definition) is 1. The zero-order chi connectivity index (χ0) is 19.2. The Labute approximate surface area is 156 Å². The number of amides is 1. The third-order valence-corrected chi connectivity index (χ3v) is 4.22. The molecule has 3 aromatic rings. The molecule has 0 aliphatic heterocycles. The van der Waals surface area contributed by atoms with Crippen molar-refractivity contribution in [1.29, 1.82) is 0 Å². The number of nitrogens with zero attached hydrogens (tertiary/aromatic N) is 2. The highest BCUT2D eigenvalue weighted by molar-refractivity contribution is 5.94. The van der Waals surface area contributed by atoms with Crippen molar-refractivity contribution in [2.24, 2.45) is 0 Å². The summed E-state index contributed by atoms with van der Waals surface area (Å²) in [4.78, 5) is 25.0. The van der Waals surface area contributed by atoms with Gasteiger partial charge < -0.3 is 14.8 Å². The third kappa shape index (κ3) is 4.15. The van der Waals surface area contributed by atoms with E-state index in [1.807, 2.05) is 18.2 Å². The molecule has 0 spiro atoms. The summed E-state index contributed by atoms with van der Waals surface area (Å²) in [5, 5.41) is 8.57. The lowest BCUT2D eigenvalue weighted by Gasteiger charge is -2.12. The fraction of sp³-hybridized carbons (Fsp3) is 0.250. The van der Waals surface area contributed by atoms with E-state index >= 15 is 0 Å². The second kappa shape index (κ2) is 8.46. The molecule has 2 aromatic carbocycles. The van der Waals surface area contributed by atoms with Crippen LogP contribution in [0.2, 0.25) is 0 Å². The molecule has 0 radical (unpaired) electrons. The van der Waals surface area contributed by atoms with Crippen LogP contribution in [0, 0.1) is 0 Å². The Morgan fingerprint density at radius 2 is 1.78 bits per heavy atom. The van der Waals surface area contributed by atoms with Crippen LogP contribution >= 0.6 is 0 Å². The average Bonchev–Trinajstić information content (AvgIpc) is 2.72. The SMILES string of the molecule is COCCn1nc(CNC(=O)c2ccc(OC)cc2)c2ccccc2c1=O. The molecule has 0 aliphatic rings. The maximum absolute atomic E-state index is 12.6. The van der Waals surface area contributed by atoms with E-state index in [9.17, 15) is 9.59 Å². The van der Waals surface area contributed by atoms with E-state index in [0.717, 1.165) is 5.39 Å².